The molecule has 2 atom stereocenters. The summed E-state index contributed by atoms with van der Waals surface area (Å²) in [6.45, 7) is 6.77. The Morgan fingerprint density at radius 3 is 2.47 bits per heavy atom. The van der Waals surface area contributed by atoms with Crippen molar-refractivity contribution in [1.29, 1.82) is 0 Å². The molecule has 0 aliphatic rings. The summed E-state index contributed by atoms with van der Waals surface area (Å²) >= 11 is 0. The van der Waals surface area contributed by atoms with Crippen molar-refractivity contribution in [3.05, 3.63) is 17.5 Å². The van der Waals surface area contributed by atoms with Crippen LogP contribution in [-0.2, 0) is 11.0 Å². The van der Waals surface area contributed by atoms with Gasteiger partial charge in [-0.2, -0.15) is 18.3 Å². The zero-order valence-electron chi connectivity index (χ0n) is 11.4. The van der Waals surface area contributed by atoms with Gasteiger partial charge in [-0.25, -0.2) is 0 Å². The van der Waals surface area contributed by atoms with Crippen LogP contribution in [0.2, 0.25) is 0 Å². The van der Waals surface area contributed by atoms with Gasteiger partial charge in [0.15, 0.2) is 5.69 Å². The van der Waals surface area contributed by atoms with E-state index in [-0.39, 0.29) is 11.9 Å². The summed E-state index contributed by atoms with van der Waals surface area (Å²) in [4.78, 5) is 11.9. The number of aromatic nitrogens is 2. The number of carbonyl (C=O) groups excluding carboxylic acids is 1. The first-order chi connectivity index (χ1) is 8.66. The van der Waals surface area contributed by atoms with E-state index in [9.17, 15) is 18.0 Å². The van der Waals surface area contributed by atoms with E-state index >= 15 is 0 Å². The van der Waals surface area contributed by atoms with Crippen molar-refractivity contribution in [2.45, 2.75) is 52.4 Å². The van der Waals surface area contributed by atoms with Gasteiger partial charge in [-0.3, -0.25) is 9.48 Å². The fraction of sp³-hybridized carbons (Fsp3) is 0.667. The maximum Gasteiger partial charge on any atom is 0.435 e. The Kier molecular flexibility index (Phi) is 4.60. The molecule has 0 aromatic carbocycles. The molecule has 0 fully saturated rings. The summed E-state index contributed by atoms with van der Waals surface area (Å²) < 4.78 is 38.7. The van der Waals surface area contributed by atoms with Crippen LogP contribution in [0.4, 0.5) is 13.2 Å². The Balaban J connectivity index is 2.91. The lowest BCUT2D eigenvalue weighted by Crippen LogP contribution is -2.37. The van der Waals surface area contributed by atoms with Crippen LogP contribution in [0.1, 0.15) is 44.6 Å². The van der Waals surface area contributed by atoms with Crippen molar-refractivity contribution in [2.75, 3.05) is 0 Å². The number of nitrogens with one attached hydrogen (secondary N) is 1. The van der Waals surface area contributed by atoms with Gasteiger partial charge in [-0.05, 0) is 33.3 Å². The molecule has 2 unspecified atom stereocenters. The van der Waals surface area contributed by atoms with Crippen molar-refractivity contribution in [1.82, 2.24) is 15.1 Å². The lowest BCUT2D eigenvalue weighted by atomic mass is 10.2. The molecule has 0 aliphatic heterocycles. The first-order valence-corrected chi connectivity index (χ1v) is 6.10. The molecule has 0 aliphatic carbocycles. The molecule has 1 heterocycles. The summed E-state index contributed by atoms with van der Waals surface area (Å²) in [5.41, 5.74) is -0.674. The standard InChI is InChI=1S/C12H18F3N3O/c1-5-7(2)16-11(19)9(4)18-8(3)6-10(17-18)12(13,14)15/h6-7,9H,5H2,1-4H3,(H,16,19). The molecule has 108 valence electrons. The van der Waals surface area contributed by atoms with E-state index in [0.717, 1.165) is 17.2 Å². The highest BCUT2D eigenvalue weighted by atomic mass is 19.4. The monoisotopic (exact) mass is 277 g/mol. The maximum absolute atomic E-state index is 12.5. The molecule has 0 bridgehead atoms. The molecule has 7 heteroatoms. The van der Waals surface area contributed by atoms with Crippen LogP contribution in [0, 0.1) is 6.92 Å². The summed E-state index contributed by atoms with van der Waals surface area (Å²) in [6, 6.07) is 0.144. The molecule has 1 aromatic heterocycles. The van der Waals surface area contributed by atoms with Gasteiger partial charge in [0.05, 0.1) is 0 Å². The predicted octanol–water partition coefficient (Wildman–Crippen LogP) is 2.69. The van der Waals surface area contributed by atoms with Crippen LogP contribution >= 0.6 is 0 Å². The van der Waals surface area contributed by atoms with Crippen LogP contribution in [0.25, 0.3) is 0 Å². The van der Waals surface area contributed by atoms with Crippen LogP contribution in [0.3, 0.4) is 0 Å². The number of carbonyl (C=O) groups is 1. The number of alkyl halides is 3. The van der Waals surface area contributed by atoms with Crippen LogP contribution < -0.4 is 5.32 Å². The van der Waals surface area contributed by atoms with E-state index in [0.29, 0.717) is 5.69 Å². The molecule has 0 spiro atoms. The van der Waals surface area contributed by atoms with Crippen LogP contribution in [0.15, 0.2) is 6.07 Å². The van der Waals surface area contributed by atoms with Crippen molar-refractivity contribution >= 4 is 5.91 Å². The highest BCUT2D eigenvalue weighted by molar-refractivity contribution is 5.80. The fourth-order valence-corrected chi connectivity index (χ4v) is 1.59. The maximum atomic E-state index is 12.5. The molecule has 0 saturated heterocycles. The average Bonchev–Trinajstić information content (AvgIpc) is 2.69. The van der Waals surface area contributed by atoms with Crippen molar-refractivity contribution in [3.8, 4) is 0 Å². The lowest BCUT2D eigenvalue weighted by Gasteiger charge is -2.17. The van der Waals surface area contributed by atoms with Gasteiger partial charge in [0.25, 0.3) is 0 Å². The quantitative estimate of drug-likeness (QED) is 0.919. The minimum absolute atomic E-state index is 0.0205. The number of halogens is 3. The molecule has 19 heavy (non-hydrogen) atoms. The van der Waals surface area contributed by atoms with E-state index in [4.69, 9.17) is 0 Å². The smallest absolute Gasteiger partial charge is 0.352 e. The molecule has 1 aromatic rings. The van der Waals surface area contributed by atoms with Gasteiger partial charge in [0, 0.05) is 11.7 Å². The third kappa shape index (κ3) is 3.71. The second-order valence-corrected chi connectivity index (χ2v) is 4.61. The van der Waals surface area contributed by atoms with Gasteiger partial charge in [0.2, 0.25) is 5.91 Å². The lowest BCUT2D eigenvalue weighted by molar-refractivity contribution is -0.142. The van der Waals surface area contributed by atoms with Gasteiger partial charge in [-0.1, -0.05) is 6.92 Å². The third-order valence-corrected chi connectivity index (χ3v) is 2.96. The van der Waals surface area contributed by atoms with Gasteiger partial charge in [0.1, 0.15) is 6.04 Å². The number of rotatable bonds is 4. The topological polar surface area (TPSA) is 46.9 Å². The van der Waals surface area contributed by atoms with Crippen LogP contribution in [0.5, 0.6) is 0 Å². The number of hydrogen-bond donors (Lipinski definition) is 1. The van der Waals surface area contributed by atoms with E-state index in [1.54, 1.807) is 0 Å². The third-order valence-electron chi connectivity index (χ3n) is 2.96. The Morgan fingerprint density at radius 2 is 2.05 bits per heavy atom. The van der Waals surface area contributed by atoms with E-state index in [1.165, 1.54) is 13.8 Å². The van der Waals surface area contributed by atoms with Crippen molar-refractivity contribution < 1.29 is 18.0 Å². The number of aryl methyl sites for hydroxylation is 1. The van der Waals surface area contributed by atoms with Gasteiger partial charge in [-0.15, -0.1) is 0 Å². The van der Waals surface area contributed by atoms with E-state index < -0.39 is 17.9 Å². The summed E-state index contributed by atoms with van der Waals surface area (Å²) in [6.07, 6.45) is -3.74. The first-order valence-electron chi connectivity index (χ1n) is 6.10. The second-order valence-electron chi connectivity index (χ2n) is 4.61. The Bertz CT molecular complexity index is 454. The molecule has 1 rings (SSSR count). The first kappa shape index (κ1) is 15.5. The van der Waals surface area contributed by atoms with Gasteiger partial charge >= 0.3 is 6.18 Å². The highest BCUT2D eigenvalue weighted by Gasteiger charge is 2.35. The summed E-state index contributed by atoms with van der Waals surface area (Å²) in [7, 11) is 0. The normalized spacial score (nSPS) is 15.1. The number of amides is 1. The Hall–Kier alpha value is -1.53. The zero-order valence-corrected chi connectivity index (χ0v) is 11.4. The zero-order chi connectivity index (χ0) is 14.8. The van der Waals surface area contributed by atoms with Crippen molar-refractivity contribution in [2.24, 2.45) is 0 Å². The molecular weight excluding hydrogens is 259 g/mol. The summed E-state index contributed by atoms with van der Waals surface area (Å²) in [5.74, 6) is -0.339. The second kappa shape index (κ2) is 5.63. The minimum atomic E-state index is -4.50. The average molecular weight is 277 g/mol. The Morgan fingerprint density at radius 1 is 1.47 bits per heavy atom. The highest BCUT2D eigenvalue weighted by Crippen LogP contribution is 2.29. The molecular formula is C12H18F3N3O. The number of nitrogens with zero attached hydrogens (tertiary/aromatic N) is 2. The molecule has 4 nitrogen and oxygen atoms in total. The van der Waals surface area contributed by atoms with E-state index in [2.05, 4.69) is 10.4 Å². The largest absolute Gasteiger partial charge is 0.435 e. The van der Waals surface area contributed by atoms with Crippen molar-refractivity contribution in [3.63, 3.8) is 0 Å². The molecule has 1 N–H and O–H groups in total. The fourth-order valence-electron chi connectivity index (χ4n) is 1.59. The van der Waals surface area contributed by atoms with Crippen LogP contribution in [-0.4, -0.2) is 21.7 Å². The minimum Gasteiger partial charge on any atom is -0.352 e. The molecule has 0 radical (unpaired) electrons. The van der Waals surface area contributed by atoms with Gasteiger partial charge < -0.3 is 5.32 Å². The predicted molar refractivity (Wildman–Crippen MR) is 64.6 cm³/mol. The summed E-state index contributed by atoms with van der Waals surface area (Å²) in [5, 5.41) is 6.19. The number of hydrogen-bond acceptors (Lipinski definition) is 2. The Labute approximate surface area is 110 Å². The molecule has 1 amide bonds. The SMILES string of the molecule is CCC(C)NC(=O)C(C)n1nc(C(F)(F)F)cc1C. The van der Waals surface area contributed by atoms with E-state index in [1.807, 2.05) is 13.8 Å². The molecule has 0 saturated carbocycles.